The van der Waals surface area contributed by atoms with Gasteiger partial charge in [0.2, 0.25) is 5.88 Å². The molecule has 0 aromatic carbocycles. The van der Waals surface area contributed by atoms with Crippen molar-refractivity contribution >= 4 is 11.5 Å². The van der Waals surface area contributed by atoms with E-state index in [0.717, 1.165) is 5.82 Å². The number of hydrogen-bond donors (Lipinski definition) is 2. The zero-order chi connectivity index (χ0) is 13.5. The summed E-state index contributed by atoms with van der Waals surface area (Å²) >= 11 is 0. The Morgan fingerprint density at radius 1 is 1.33 bits per heavy atom. The van der Waals surface area contributed by atoms with Crippen LogP contribution in [0.4, 0.5) is 11.5 Å². The average molecular weight is 253 g/mol. The quantitative estimate of drug-likeness (QED) is 0.779. The van der Waals surface area contributed by atoms with E-state index >= 15 is 0 Å². The van der Waals surface area contributed by atoms with Crippen molar-refractivity contribution < 1.29 is 9.47 Å². The molecule has 0 radical (unpaired) electrons. The van der Waals surface area contributed by atoms with Crippen LogP contribution in [0.2, 0.25) is 0 Å². The summed E-state index contributed by atoms with van der Waals surface area (Å²) in [6.45, 7) is 7.45. The van der Waals surface area contributed by atoms with Crippen LogP contribution in [0.25, 0.3) is 0 Å². The van der Waals surface area contributed by atoms with Crippen LogP contribution < -0.4 is 15.8 Å². The fourth-order valence-corrected chi connectivity index (χ4v) is 1.24. The summed E-state index contributed by atoms with van der Waals surface area (Å²) in [5, 5.41) is 3.18. The third-order valence-corrected chi connectivity index (χ3v) is 2.42. The van der Waals surface area contributed by atoms with Crippen molar-refractivity contribution in [2.45, 2.75) is 26.9 Å². The molecule has 1 unspecified atom stereocenters. The van der Waals surface area contributed by atoms with E-state index in [-0.39, 0.29) is 6.10 Å². The molecule has 1 heterocycles. The molecule has 0 bridgehead atoms. The maximum atomic E-state index is 5.82. The molecule has 1 rings (SSSR count). The number of ether oxygens (including phenoxy) is 2. The van der Waals surface area contributed by atoms with Crippen LogP contribution >= 0.6 is 0 Å². The summed E-state index contributed by atoms with van der Waals surface area (Å²) < 4.78 is 10.7. The first kappa shape index (κ1) is 14.6. The van der Waals surface area contributed by atoms with Gasteiger partial charge < -0.3 is 20.5 Å². The molecule has 0 aliphatic rings. The number of anilines is 2. The smallest absolute Gasteiger partial charge is 0.239 e. The van der Waals surface area contributed by atoms with Gasteiger partial charge in [-0.2, -0.15) is 4.98 Å². The molecule has 18 heavy (non-hydrogen) atoms. The molecular formula is C13H23N3O2. The van der Waals surface area contributed by atoms with Crippen LogP contribution in [0.15, 0.2) is 12.1 Å². The second kappa shape index (κ2) is 7.06. The van der Waals surface area contributed by atoms with Gasteiger partial charge in [0.05, 0.1) is 18.4 Å². The summed E-state index contributed by atoms with van der Waals surface area (Å²) in [4.78, 5) is 4.34. The lowest BCUT2D eigenvalue weighted by atomic mass is 10.2. The Bertz CT molecular complexity index is 369. The van der Waals surface area contributed by atoms with Gasteiger partial charge in [0.15, 0.2) is 0 Å². The number of nitrogen functional groups attached to an aromatic ring is 1. The summed E-state index contributed by atoms with van der Waals surface area (Å²) in [6.07, 6.45) is 0.129. The number of nitrogens with one attached hydrogen (secondary N) is 1. The van der Waals surface area contributed by atoms with Gasteiger partial charge in [-0.05, 0) is 25.0 Å². The number of aromatic nitrogens is 1. The van der Waals surface area contributed by atoms with Gasteiger partial charge in [-0.25, -0.2) is 0 Å². The van der Waals surface area contributed by atoms with Crippen molar-refractivity contribution in [2.24, 2.45) is 5.92 Å². The molecule has 0 aliphatic carbocycles. The molecule has 1 atom stereocenters. The van der Waals surface area contributed by atoms with Crippen molar-refractivity contribution in [3.63, 3.8) is 0 Å². The van der Waals surface area contributed by atoms with E-state index in [1.165, 1.54) is 0 Å². The minimum atomic E-state index is 0.129. The van der Waals surface area contributed by atoms with Gasteiger partial charge in [-0.15, -0.1) is 0 Å². The maximum absolute atomic E-state index is 5.82. The van der Waals surface area contributed by atoms with Gasteiger partial charge in [-0.1, -0.05) is 13.8 Å². The van der Waals surface area contributed by atoms with Crippen molar-refractivity contribution in [1.29, 1.82) is 0 Å². The van der Waals surface area contributed by atoms with Gasteiger partial charge >= 0.3 is 0 Å². The Balaban J connectivity index is 2.62. The van der Waals surface area contributed by atoms with Gasteiger partial charge in [0, 0.05) is 13.7 Å². The largest absolute Gasteiger partial charge is 0.476 e. The predicted molar refractivity (Wildman–Crippen MR) is 73.9 cm³/mol. The Hall–Kier alpha value is -1.49. The lowest BCUT2D eigenvalue weighted by molar-refractivity contribution is 0.128. The fraction of sp³-hybridized carbons (Fsp3) is 0.615. The minimum absolute atomic E-state index is 0.129. The molecule has 0 spiro atoms. The third-order valence-electron chi connectivity index (χ3n) is 2.42. The number of nitrogens with two attached hydrogens (primary N) is 1. The molecular weight excluding hydrogens is 230 g/mol. The summed E-state index contributed by atoms with van der Waals surface area (Å²) in [5.41, 5.74) is 6.37. The molecule has 5 heteroatoms. The topological polar surface area (TPSA) is 69.4 Å². The Morgan fingerprint density at radius 3 is 2.67 bits per heavy atom. The van der Waals surface area contributed by atoms with E-state index in [1.54, 1.807) is 13.2 Å². The Labute approximate surface area is 109 Å². The average Bonchev–Trinajstić information content (AvgIpc) is 2.35. The SMILES string of the molecule is COC(C)CNc1ccc(N)c(OCC(C)C)n1. The molecule has 1 aromatic heterocycles. The van der Waals surface area contributed by atoms with Crippen molar-refractivity contribution in [3.05, 3.63) is 12.1 Å². The van der Waals surface area contributed by atoms with Gasteiger partial charge in [0.1, 0.15) is 5.82 Å². The first-order valence-electron chi connectivity index (χ1n) is 6.19. The molecule has 102 valence electrons. The third kappa shape index (κ3) is 4.79. The van der Waals surface area contributed by atoms with Crippen LogP contribution in [0, 0.1) is 5.92 Å². The van der Waals surface area contributed by atoms with Crippen LogP contribution in [-0.2, 0) is 4.74 Å². The normalized spacial score (nSPS) is 12.5. The predicted octanol–water partition coefficient (Wildman–Crippen LogP) is 2.15. The summed E-state index contributed by atoms with van der Waals surface area (Å²) in [5.74, 6) is 1.67. The standard InChI is InChI=1S/C13H23N3O2/c1-9(2)8-18-13-11(14)5-6-12(16-13)15-7-10(3)17-4/h5-6,9-10H,7-8,14H2,1-4H3,(H,15,16). The lowest BCUT2D eigenvalue weighted by Crippen LogP contribution is -2.19. The highest BCUT2D eigenvalue weighted by Gasteiger charge is 2.06. The Kier molecular flexibility index (Phi) is 5.71. The monoisotopic (exact) mass is 253 g/mol. The van der Waals surface area contributed by atoms with Gasteiger partial charge in [-0.3, -0.25) is 0 Å². The number of nitrogens with zero attached hydrogens (tertiary/aromatic N) is 1. The van der Waals surface area contributed by atoms with E-state index < -0.39 is 0 Å². The lowest BCUT2D eigenvalue weighted by Gasteiger charge is -2.14. The Morgan fingerprint density at radius 2 is 2.06 bits per heavy atom. The molecule has 0 fully saturated rings. The second-order valence-electron chi connectivity index (χ2n) is 4.72. The van der Waals surface area contributed by atoms with Crippen LogP contribution in [0.1, 0.15) is 20.8 Å². The van der Waals surface area contributed by atoms with E-state index in [9.17, 15) is 0 Å². The summed E-state index contributed by atoms with van der Waals surface area (Å²) in [6, 6.07) is 3.63. The molecule has 3 N–H and O–H groups in total. The first-order chi connectivity index (χ1) is 8.52. The minimum Gasteiger partial charge on any atom is -0.476 e. The number of pyridine rings is 1. The molecule has 5 nitrogen and oxygen atoms in total. The highest BCUT2D eigenvalue weighted by atomic mass is 16.5. The van der Waals surface area contributed by atoms with Crippen LogP contribution in [0.3, 0.4) is 0 Å². The zero-order valence-corrected chi connectivity index (χ0v) is 11.6. The molecule has 0 saturated heterocycles. The highest BCUT2D eigenvalue weighted by molar-refractivity contribution is 5.53. The van der Waals surface area contributed by atoms with Crippen molar-refractivity contribution in [2.75, 3.05) is 31.3 Å². The molecule has 0 saturated carbocycles. The zero-order valence-electron chi connectivity index (χ0n) is 11.6. The van der Waals surface area contributed by atoms with Crippen molar-refractivity contribution in [1.82, 2.24) is 4.98 Å². The van der Waals surface area contributed by atoms with Crippen molar-refractivity contribution in [3.8, 4) is 5.88 Å². The number of hydrogen-bond acceptors (Lipinski definition) is 5. The van der Waals surface area contributed by atoms with E-state index in [2.05, 4.69) is 24.1 Å². The second-order valence-corrected chi connectivity index (χ2v) is 4.72. The van der Waals surface area contributed by atoms with Gasteiger partial charge in [0.25, 0.3) is 0 Å². The van der Waals surface area contributed by atoms with Crippen LogP contribution in [-0.4, -0.2) is 31.3 Å². The first-order valence-corrected chi connectivity index (χ1v) is 6.19. The highest BCUT2D eigenvalue weighted by Crippen LogP contribution is 2.21. The number of rotatable bonds is 7. The van der Waals surface area contributed by atoms with E-state index in [1.807, 2.05) is 13.0 Å². The summed E-state index contributed by atoms with van der Waals surface area (Å²) in [7, 11) is 1.68. The van der Waals surface area contributed by atoms with E-state index in [0.29, 0.717) is 30.6 Å². The fourth-order valence-electron chi connectivity index (χ4n) is 1.24. The molecule has 1 aromatic rings. The molecule has 0 aliphatic heterocycles. The molecule has 0 amide bonds. The van der Waals surface area contributed by atoms with E-state index in [4.69, 9.17) is 15.2 Å². The van der Waals surface area contributed by atoms with Crippen LogP contribution in [0.5, 0.6) is 5.88 Å². The maximum Gasteiger partial charge on any atom is 0.239 e. The number of methoxy groups -OCH3 is 1.